The third kappa shape index (κ3) is 3.98. The van der Waals surface area contributed by atoms with Crippen molar-refractivity contribution in [2.24, 2.45) is 0 Å². The van der Waals surface area contributed by atoms with Crippen molar-refractivity contribution in [3.8, 4) is 0 Å². The standard InChI is InChI=1S/C12H11FN4O3S2/c1-6(21-12-16-15-7(2)22-12)11(18)14-8-3-4-9(13)10(5-8)17(19)20/h3-6H,1-2H3,(H,14,18)/t6-/m1/s1. The van der Waals surface area contributed by atoms with Crippen molar-refractivity contribution < 1.29 is 14.1 Å². The average Bonchev–Trinajstić information content (AvgIpc) is 2.85. The zero-order valence-electron chi connectivity index (χ0n) is 11.6. The number of carbonyl (C=O) groups excluding carboxylic acids is 1. The van der Waals surface area contributed by atoms with E-state index in [0.717, 1.165) is 17.1 Å². The lowest BCUT2D eigenvalue weighted by atomic mass is 10.2. The summed E-state index contributed by atoms with van der Waals surface area (Å²) in [5.74, 6) is -1.31. The van der Waals surface area contributed by atoms with Gasteiger partial charge in [0.15, 0.2) is 4.34 Å². The van der Waals surface area contributed by atoms with Gasteiger partial charge in [-0.25, -0.2) is 0 Å². The second-order valence-electron chi connectivity index (χ2n) is 4.26. The Bertz CT molecular complexity index is 722. The predicted molar refractivity (Wildman–Crippen MR) is 81.6 cm³/mol. The molecule has 7 nitrogen and oxygen atoms in total. The van der Waals surface area contributed by atoms with Crippen LogP contribution in [-0.4, -0.2) is 26.3 Å². The summed E-state index contributed by atoms with van der Waals surface area (Å²) in [6, 6.07) is 3.20. The van der Waals surface area contributed by atoms with Crippen molar-refractivity contribution in [1.29, 1.82) is 0 Å². The third-order valence-electron chi connectivity index (χ3n) is 2.56. The van der Waals surface area contributed by atoms with Crippen LogP contribution >= 0.6 is 23.1 Å². The van der Waals surface area contributed by atoms with Gasteiger partial charge >= 0.3 is 5.69 Å². The van der Waals surface area contributed by atoms with Gasteiger partial charge in [0.1, 0.15) is 5.01 Å². The van der Waals surface area contributed by atoms with Gasteiger partial charge < -0.3 is 5.32 Å². The van der Waals surface area contributed by atoms with Crippen LogP contribution in [0.2, 0.25) is 0 Å². The number of aromatic nitrogens is 2. The molecule has 22 heavy (non-hydrogen) atoms. The van der Waals surface area contributed by atoms with E-state index >= 15 is 0 Å². The molecule has 2 rings (SSSR count). The number of anilines is 1. The van der Waals surface area contributed by atoms with E-state index < -0.39 is 21.7 Å². The quantitative estimate of drug-likeness (QED) is 0.509. The van der Waals surface area contributed by atoms with Crippen LogP contribution in [0.15, 0.2) is 22.5 Å². The van der Waals surface area contributed by atoms with Gasteiger partial charge in [-0.3, -0.25) is 14.9 Å². The molecule has 0 bridgehead atoms. The van der Waals surface area contributed by atoms with E-state index in [0.29, 0.717) is 4.34 Å². The maximum atomic E-state index is 13.2. The van der Waals surface area contributed by atoms with Crippen molar-refractivity contribution in [2.75, 3.05) is 5.32 Å². The van der Waals surface area contributed by atoms with Crippen LogP contribution in [0.3, 0.4) is 0 Å². The Balaban J connectivity index is 2.05. The zero-order valence-corrected chi connectivity index (χ0v) is 13.2. The molecule has 1 amide bonds. The van der Waals surface area contributed by atoms with Crippen LogP contribution in [0.1, 0.15) is 11.9 Å². The summed E-state index contributed by atoms with van der Waals surface area (Å²) in [6.45, 7) is 3.48. The van der Waals surface area contributed by atoms with Crippen LogP contribution in [0.25, 0.3) is 0 Å². The lowest BCUT2D eigenvalue weighted by Crippen LogP contribution is -2.22. The van der Waals surface area contributed by atoms with Gasteiger partial charge in [-0.15, -0.1) is 10.2 Å². The number of hydrogen-bond acceptors (Lipinski definition) is 7. The summed E-state index contributed by atoms with van der Waals surface area (Å²) in [4.78, 5) is 21.9. The molecule has 0 unspecified atom stereocenters. The van der Waals surface area contributed by atoms with Crippen molar-refractivity contribution in [1.82, 2.24) is 10.2 Å². The number of amides is 1. The van der Waals surface area contributed by atoms with Gasteiger partial charge in [0, 0.05) is 11.8 Å². The fraction of sp³-hybridized carbons (Fsp3) is 0.250. The maximum Gasteiger partial charge on any atom is 0.306 e. The number of aryl methyl sites for hydroxylation is 1. The first kappa shape index (κ1) is 16.3. The molecule has 1 aromatic heterocycles. The van der Waals surface area contributed by atoms with E-state index in [1.165, 1.54) is 29.2 Å². The van der Waals surface area contributed by atoms with Crippen LogP contribution in [0.5, 0.6) is 0 Å². The molecule has 116 valence electrons. The Hall–Kier alpha value is -2.07. The molecule has 0 fully saturated rings. The Morgan fingerprint density at radius 2 is 2.23 bits per heavy atom. The number of halogens is 1. The average molecular weight is 342 g/mol. The van der Waals surface area contributed by atoms with Gasteiger partial charge in [0.05, 0.1) is 10.2 Å². The molecule has 1 heterocycles. The minimum absolute atomic E-state index is 0.166. The third-order valence-corrected chi connectivity index (χ3v) is 4.59. The number of nitro benzene ring substituents is 1. The highest BCUT2D eigenvalue weighted by Gasteiger charge is 2.19. The van der Waals surface area contributed by atoms with Crippen LogP contribution in [0.4, 0.5) is 15.8 Å². The Kier molecular flexibility index (Phi) is 5.03. The van der Waals surface area contributed by atoms with Crippen molar-refractivity contribution in [3.05, 3.63) is 39.1 Å². The second-order valence-corrected chi connectivity index (χ2v) is 7.03. The molecular formula is C12H11FN4O3S2. The van der Waals surface area contributed by atoms with E-state index in [4.69, 9.17) is 0 Å². The Morgan fingerprint density at radius 3 is 2.82 bits per heavy atom. The van der Waals surface area contributed by atoms with Crippen LogP contribution in [0, 0.1) is 22.9 Å². The summed E-state index contributed by atoms with van der Waals surface area (Å²) in [5, 5.41) is 21.3. The van der Waals surface area contributed by atoms with Crippen molar-refractivity contribution in [2.45, 2.75) is 23.4 Å². The monoisotopic (exact) mass is 342 g/mol. The number of rotatable bonds is 5. The number of hydrogen-bond donors (Lipinski definition) is 1. The molecule has 1 N–H and O–H groups in total. The summed E-state index contributed by atoms with van der Waals surface area (Å²) < 4.78 is 13.9. The molecule has 0 aliphatic heterocycles. The molecule has 0 radical (unpaired) electrons. The molecular weight excluding hydrogens is 331 g/mol. The topological polar surface area (TPSA) is 98.0 Å². The van der Waals surface area contributed by atoms with E-state index in [9.17, 15) is 19.3 Å². The number of nitrogens with one attached hydrogen (secondary N) is 1. The van der Waals surface area contributed by atoms with Crippen molar-refractivity contribution in [3.63, 3.8) is 0 Å². The zero-order chi connectivity index (χ0) is 16.3. The first-order valence-corrected chi connectivity index (χ1v) is 7.78. The number of thioether (sulfide) groups is 1. The summed E-state index contributed by atoms with van der Waals surface area (Å²) >= 11 is 2.60. The van der Waals surface area contributed by atoms with Gasteiger partial charge in [-0.1, -0.05) is 23.1 Å². The normalized spacial score (nSPS) is 12.0. The largest absolute Gasteiger partial charge is 0.325 e. The van der Waals surface area contributed by atoms with E-state index in [-0.39, 0.29) is 11.6 Å². The van der Waals surface area contributed by atoms with Gasteiger partial charge in [-0.2, -0.15) is 4.39 Å². The highest BCUT2D eigenvalue weighted by Crippen LogP contribution is 2.27. The number of nitrogens with zero attached hydrogens (tertiary/aromatic N) is 3. The Morgan fingerprint density at radius 1 is 1.50 bits per heavy atom. The van der Waals surface area contributed by atoms with Gasteiger partial charge in [0.25, 0.3) is 0 Å². The molecule has 0 spiro atoms. The van der Waals surface area contributed by atoms with Crippen LogP contribution in [-0.2, 0) is 4.79 Å². The molecule has 1 aromatic carbocycles. The lowest BCUT2D eigenvalue weighted by Gasteiger charge is -2.10. The fourth-order valence-corrected chi connectivity index (χ4v) is 3.46. The molecule has 10 heteroatoms. The highest BCUT2D eigenvalue weighted by atomic mass is 32.2. The van der Waals surface area contributed by atoms with Gasteiger partial charge in [-0.05, 0) is 26.0 Å². The van der Waals surface area contributed by atoms with Crippen LogP contribution < -0.4 is 5.32 Å². The minimum atomic E-state index is -0.949. The summed E-state index contributed by atoms with van der Waals surface area (Å²) in [6.07, 6.45) is 0. The predicted octanol–water partition coefficient (Wildman–Crippen LogP) is 3.01. The minimum Gasteiger partial charge on any atom is -0.325 e. The smallest absolute Gasteiger partial charge is 0.306 e. The number of benzene rings is 1. The first-order chi connectivity index (χ1) is 10.4. The van der Waals surface area contributed by atoms with E-state index in [2.05, 4.69) is 15.5 Å². The number of nitro groups is 1. The molecule has 2 aromatic rings. The highest BCUT2D eigenvalue weighted by molar-refractivity contribution is 8.02. The second kappa shape index (κ2) is 6.79. The summed E-state index contributed by atoms with van der Waals surface area (Å²) in [7, 11) is 0. The molecule has 0 aliphatic carbocycles. The SMILES string of the molecule is Cc1nnc(S[C@H](C)C(=O)Nc2ccc(F)c([N+](=O)[O-])c2)s1. The lowest BCUT2D eigenvalue weighted by molar-refractivity contribution is -0.387. The molecule has 0 aliphatic rings. The van der Waals surface area contributed by atoms with Gasteiger partial charge in [0.2, 0.25) is 11.7 Å². The first-order valence-electron chi connectivity index (χ1n) is 6.08. The maximum absolute atomic E-state index is 13.2. The number of carbonyl (C=O) groups is 1. The fourth-order valence-electron chi connectivity index (χ4n) is 1.51. The van der Waals surface area contributed by atoms with E-state index in [1.807, 2.05) is 6.92 Å². The van der Waals surface area contributed by atoms with Crippen molar-refractivity contribution >= 4 is 40.4 Å². The molecule has 1 atom stereocenters. The molecule has 0 saturated carbocycles. The summed E-state index contributed by atoms with van der Waals surface area (Å²) in [5.41, 5.74) is -0.517. The Labute approximate surface area is 133 Å². The van der Waals surface area contributed by atoms with E-state index in [1.54, 1.807) is 6.92 Å². The molecule has 0 saturated heterocycles.